The number of thiazole rings is 1. The fourth-order valence-corrected chi connectivity index (χ4v) is 3.60. The van der Waals surface area contributed by atoms with Gasteiger partial charge in [0, 0.05) is 11.9 Å². The molecule has 3 rings (SSSR count). The summed E-state index contributed by atoms with van der Waals surface area (Å²) < 4.78 is 12.9. The fraction of sp³-hybridized carbons (Fsp3) is 0.444. The van der Waals surface area contributed by atoms with Crippen molar-refractivity contribution in [3.05, 3.63) is 51.7 Å². The molecule has 1 amide bonds. The third kappa shape index (κ3) is 5.11. The van der Waals surface area contributed by atoms with Crippen LogP contribution >= 0.6 is 11.3 Å². The highest BCUT2D eigenvalue weighted by Gasteiger charge is 2.12. The molecule has 0 bridgehead atoms. The normalized spacial score (nSPS) is 15.4. The van der Waals surface area contributed by atoms with E-state index in [1.165, 1.54) is 31.4 Å². The first-order valence-corrected chi connectivity index (χ1v) is 9.24. The summed E-state index contributed by atoms with van der Waals surface area (Å²) in [5, 5.41) is 5.89. The van der Waals surface area contributed by atoms with Gasteiger partial charge in [0.05, 0.1) is 18.7 Å². The molecular formula is C18H22FN3OS. The number of amides is 1. The van der Waals surface area contributed by atoms with Gasteiger partial charge in [0.1, 0.15) is 10.8 Å². The van der Waals surface area contributed by atoms with Crippen LogP contribution in [0, 0.1) is 5.82 Å². The van der Waals surface area contributed by atoms with Crippen LogP contribution in [0.3, 0.4) is 0 Å². The molecule has 0 spiro atoms. The van der Waals surface area contributed by atoms with E-state index in [9.17, 15) is 9.18 Å². The second-order valence-corrected chi connectivity index (χ2v) is 7.09. The van der Waals surface area contributed by atoms with Crippen molar-refractivity contribution in [1.82, 2.24) is 15.2 Å². The number of carbonyl (C=O) groups excluding carboxylic acids is 1. The summed E-state index contributed by atoms with van der Waals surface area (Å²) in [6.45, 7) is 3.66. The number of piperidine rings is 1. The predicted molar refractivity (Wildman–Crippen MR) is 93.2 cm³/mol. The Kier molecular flexibility index (Phi) is 5.93. The number of likely N-dealkylation sites (tertiary alicyclic amines) is 1. The first kappa shape index (κ1) is 17.0. The van der Waals surface area contributed by atoms with Crippen LogP contribution in [0.15, 0.2) is 29.6 Å². The Morgan fingerprint density at radius 1 is 1.21 bits per heavy atom. The van der Waals surface area contributed by atoms with E-state index in [0.717, 1.165) is 35.9 Å². The summed E-state index contributed by atoms with van der Waals surface area (Å²) in [5.41, 5.74) is 1.89. The van der Waals surface area contributed by atoms with E-state index in [1.54, 1.807) is 23.5 Å². The van der Waals surface area contributed by atoms with Crippen molar-refractivity contribution in [2.24, 2.45) is 0 Å². The third-order valence-electron chi connectivity index (χ3n) is 4.15. The van der Waals surface area contributed by atoms with Crippen molar-refractivity contribution in [3.63, 3.8) is 0 Å². The van der Waals surface area contributed by atoms with Crippen LogP contribution in [0.2, 0.25) is 0 Å². The molecule has 1 saturated heterocycles. The minimum absolute atomic E-state index is 0.0746. The van der Waals surface area contributed by atoms with E-state index in [2.05, 4.69) is 20.6 Å². The van der Waals surface area contributed by atoms with E-state index < -0.39 is 0 Å². The molecule has 0 saturated carbocycles. The molecule has 2 heterocycles. The van der Waals surface area contributed by atoms with Gasteiger partial charge in [0.25, 0.3) is 0 Å². The highest BCUT2D eigenvalue weighted by Crippen LogP contribution is 2.15. The van der Waals surface area contributed by atoms with Gasteiger partial charge in [-0.25, -0.2) is 9.37 Å². The van der Waals surface area contributed by atoms with Gasteiger partial charge in [0.15, 0.2) is 0 Å². The van der Waals surface area contributed by atoms with Gasteiger partial charge in [0.2, 0.25) is 5.91 Å². The largest absolute Gasteiger partial charge is 0.349 e. The molecular weight excluding hydrogens is 325 g/mol. The number of aromatic nitrogens is 1. The molecule has 0 radical (unpaired) electrons. The summed E-state index contributed by atoms with van der Waals surface area (Å²) in [5.74, 6) is -0.363. The van der Waals surface area contributed by atoms with Crippen LogP contribution in [-0.2, 0) is 24.3 Å². The zero-order valence-electron chi connectivity index (χ0n) is 13.6. The van der Waals surface area contributed by atoms with Gasteiger partial charge in [-0.15, -0.1) is 11.3 Å². The van der Waals surface area contributed by atoms with Crippen molar-refractivity contribution >= 4 is 17.2 Å². The predicted octanol–water partition coefficient (Wildman–Crippen LogP) is 3.13. The lowest BCUT2D eigenvalue weighted by molar-refractivity contribution is -0.120. The van der Waals surface area contributed by atoms with Gasteiger partial charge in [-0.1, -0.05) is 18.6 Å². The molecule has 1 N–H and O–H groups in total. The van der Waals surface area contributed by atoms with Crippen LogP contribution in [0.25, 0.3) is 0 Å². The molecule has 24 heavy (non-hydrogen) atoms. The zero-order chi connectivity index (χ0) is 16.8. The summed E-state index contributed by atoms with van der Waals surface area (Å²) in [4.78, 5) is 19.0. The van der Waals surface area contributed by atoms with Crippen molar-refractivity contribution in [3.8, 4) is 0 Å². The Morgan fingerprint density at radius 2 is 1.96 bits per heavy atom. The quantitative estimate of drug-likeness (QED) is 0.873. The van der Waals surface area contributed by atoms with Gasteiger partial charge in [-0.05, 0) is 43.6 Å². The van der Waals surface area contributed by atoms with Crippen molar-refractivity contribution in [2.75, 3.05) is 13.1 Å². The maximum absolute atomic E-state index is 12.9. The molecule has 1 aromatic heterocycles. The molecule has 128 valence electrons. The third-order valence-corrected chi connectivity index (χ3v) is 5.05. The number of nitrogens with zero attached hydrogens (tertiary/aromatic N) is 2. The SMILES string of the molecule is O=C(Cc1ccc(F)cc1)NCc1nc(CN2CCCCC2)cs1. The molecule has 0 atom stereocenters. The standard InChI is InChI=1S/C18H22FN3OS/c19-15-6-4-14(5-7-15)10-17(23)20-11-18-21-16(13-24-18)12-22-8-2-1-3-9-22/h4-7,13H,1-3,8-12H2,(H,20,23). The van der Waals surface area contributed by atoms with Crippen LogP contribution in [0.1, 0.15) is 35.5 Å². The van der Waals surface area contributed by atoms with Gasteiger partial charge < -0.3 is 5.32 Å². The Hall–Kier alpha value is -1.79. The van der Waals surface area contributed by atoms with Crippen molar-refractivity contribution in [1.29, 1.82) is 0 Å². The topological polar surface area (TPSA) is 45.2 Å². The smallest absolute Gasteiger partial charge is 0.224 e. The maximum atomic E-state index is 12.9. The van der Waals surface area contributed by atoms with E-state index >= 15 is 0 Å². The number of halogens is 1. The van der Waals surface area contributed by atoms with Crippen LogP contribution in [0.5, 0.6) is 0 Å². The second kappa shape index (κ2) is 8.35. The lowest BCUT2D eigenvalue weighted by Crippen LogP contribution is -2.29. The Morgan fingerprint density at radius 3 is 2.71 bits per heavy atom. The number of hydrogen-bond donors (Lipinski definition) is 1. The van der Waals surface area contributed by atoms with E-state index in [0.29, 0.717) is 6.54 Å². The number of carbonyl (C=O) groups is 1. The Bertz CT molecular complexity index is 665. The van der Waals surface area contributed by atoms with Gasteiger partial charge in [-0.2, -0.15) is 0 Å². The van der Waals surface area contributed by atoms with Crippen LogP contribution < -0.4 is 5.32 Å². The minimum Gasteiger partial charge on any atom is -0.349 e. The summed E-state index contributed by atoms with van der Waals surface area (Å²) >= 11 is 1.59. The lowest BCUT2D eigenvalue weighted by atomic mass is 10.1. The number of hydrogen-bond acceptors (Lipinski definition) is 4. The molecule has 1 aliphatic heterocycles. The van der Waals surface area contributed by atoms with E-state index in [4.69, 9.17) is 0 Å². The molecule has 1 fully saturated rings. The highest BCUT2D eigenvalue weighted by atomic mass is 32.1. The molecule has 2 aromatic rings. The average molecular weight is 347 g/mol. The van der Waals surface area contributed by atoms with Crippen LogP contribution in [-0.4, -0.2) is 28.9 Å². The second-order valence-electron chi connectivity index (χ2n) is 6.15. The van der Waals surface area contributed by atoms with E-state index in [1.807, 2.05) is 0 Å². The molecule has 1 aromatic carbocycles. The van der Waals surface area contributed by atoms with Gasteiger partial charge >= 0.3 is 0 Å². The molecule has 1 aliphatic rings. The van der Waals surface area contributed by atoms with Crippen molar-refractivity contribution in [2.45, 2.75) is 38.8 Å². The molecule has 0 aliphatic carbocycles. The number of nitrogens with one attached hydrogen (secondary N) is 1. The maximum Gasteiger partial charge on any atom is 0.224 e. The lowest BCUT2D eigenvalue weighted by Gasteiger charge is -2.25. The zero-order valence-corrected chi connectivity index (χ0v) is 14.4. The van der Waals surface area contributed by atoms with E-state index in [-0.39, 0.29) is 18.1 Å². The number of rotatable bonds is 6. The van der Waals surface area contributed by atoms with Gasteiger partial charge in [-0.3, -0.25) is 9.69 Å². The summed E-state index contributed by atoms with van der Waals surface area (Å²) in [6, 6.07) is 6.01. The molecule has 4 nitrogen and oxygen atoms in total. The van der Waals surface area contributed by atoms with Crippen LogP contribution in [0.4, 0.5) is 4.39 Å². The minimum atomic E-state index is -0.289. The summed E-state index contributed by atoms with van der Waals surface area (Å²) in [6.07, 6.45) is 4.14. The monoisotopic (exact) mass is 347 g/mol. The van der Waals surface area contributed by atoms with Crippen molar-refractivity contribution < 1.29 is 9.18 Å². The number of benzene rings is 1. The highest BCUT2D eigenvalue weighted by molar-refractivity contribution is 7.09. The first-order valence-electron chi connectivity index (χ1n) is 8.36. The Labute approximate surface area is 145 Å². The molecule has 6 heteroatoms. The first-order chi connectivity index (χ1) is 11.7. The molecule has 0 unspecified atom stereocenters. The Balaban J connectivity index is 1.44. The summed E-state index contributed by atoms with van der Waals surface area (Å²) in [7, 11) is 0. The fourth-order valence-electron chi connectivity index (χ4n) is 2.87. The average Bonchev–Trinajstić information content (AvgIpc) is 3.03.